The van der Waals surface area contributed by atoms with Gasteiger partial charge < -0.3 is 9.47 Å². The van der Waals surface area contributed by atoms with Gasteiger partial charge in [0.25, 0.3) is 0 Å². The molecule has 1 unspecified atom stereocenters. The summed E-state index contributed by atoms with van der Waals surface area (Å²) in [6.45, 7) is 4.07. The molecular weight excluding hydrogens is 216 g/mol. The second kappa shape index (κ2) is 6.00. The maximum atomic E-state index is 5.63. The first kappa shape index (κ1) is 14.0. The summed E-state index contributed by atoms with van der Waals surface area (Å²) in [5, 5.41) is 0. The Hall–Kier alpha value is -1.10. The minimum atomic E-state index is -0.238. The highest BCUT2D eigenvalue weighted by atomic mass is 16.5. The number of nitrogens with two attached hydrogens (primary N) is 1. The summed E-state index contributed by atoms with van der Waals surface area (Å²) in [6, 6.07) is 7.86. The van der Waals surface area contributed by atoms with Crippen molar-refractivity contribution in [2.75, 3.05) is 14.2 Å². The fourth-order valence-corrected chi connectivity index (χ4v) is 1.79. The smallest absolute Gasteiger partial charge is 0.123 e. The number of nitrogens with one attached hydrogen (secondary N) is 1. The lowest BCUT2D eigenvalue weighted by Gasteiger charge is -2.29. The zero-order chi connectivity index (χ0) is 12.9. The molecule has 17 heavy (non-hydrogen) atoms. The molecule has 0 bridgehead atoms. The molecule has 1 aromatic rings. The number of para-hydroxylation sites is 1. The third-order valence-corrected chi connectivity index (χ3v) is 2.96. The number of ether oxygens (including phenoxy) is 2. The molecule has 0 aliphatic carbocycles. The molecule has 0 heterocycles. The molecule has 1 rings (SSSR count). The van der Waals surface area contributed by atoms with E-state index in [1.54, 1.807) is 14.2 Å². The van der Waals surface area contributed by atoms with Gasteiger partial charge >= 0.3 is 0 Å². The van der Waals surface area contributed by atoms with Gasteiger partial charge in [-0.3, -0.25) is 11.3 Å². The van der Waals surface area contributed by atoms with Crippen molar-refractivity contribution >= 4 is 0 Å². The lowest BCUT2D eigenvalue weighted by Crippen LogP contribution is -2.35. The van der Waals surface area contributed by atoms with E-state index in [4.69, 9.17) is 15.3 Å². The number of hydrogen-bond acceptors (Lipinski definition) is 4. The predicted octanol–water partition coefficient (Wildman–Crippen LogP) is 2.01. The van der Waals surface area contributed by atoms with Gasteiger partial charge in [-0.1, -0.05) is 18.2 Å². The zero-order valence-corrected chi connectivity index (χ0v) is 11.0. The fraction of sp³-hybridized carbons (Fsp3) is 0.538. The highest BCUT2D eigenvalue weighted by molar-refractivity contribution is 5.36. The summed E-state index contributed by atoms with van der Waals surface area (Å²) >= 11 is 0. The molecule has 0 aliphatic heterocycles. The van der Waals surface area contributed by atoms with Crippen LogP contribution in [-0.4, -0.2) is 19.8 Å². The van der Waals surface area contributed by atoms with Crippen LogP contribution in [0.1, 0.15) is 31.9 Å². The zero-order valence-electron chi connectivity index (χ0n) is 11.0. The number of methoxy groups -OCH3 is 2. The SMILES string of the molecule is COc1ccccc1C(CC(C)(C)OC)NN. The molecule has 0 spiro atoms. The third-order valence-electron chi connectivity index (χ3n) is 2.96. The Bertz CT molecular complexity index is 353. The largest absolute Gasteiger partial charge is 0.496 e. The minimum Gasteiger partial charge on any atom is -0.496 e. The van der Waals surface area contributed by atoms with Crippen LogP contribution >= 0.6 is 0 Å². The molecule has 0 aromatic heterocycles. The molecule has 0 radical (unpaired) electrons. The van der Waals surface area contributed by atoms with Crippen LogP contribution < -0.4 is 16.0 Å². The van der Waals surface area contributed by atoms with Gasteiger partial charge in [-0.15, -0.1) is 0 Å². The molecule has 96 valence electrons. The van der Waals surface area contributed by atoms with Crippen LogP contribution in [0, 0.1) is 0 Å². The first-order valence-electron chi connectivity index (χ1n) is 5.68. The van der Waals surface area contributed by atoms with Gasteiger partial charge in [-0.05, 0) is 26.3 Å². The molecule has 3 N–H and O–H groups in total. The molecule has 4 heteroatoms. The van der Waals surface area contributed by atoms with E-state index in [2.05, 4.69) is 5.43 Å². The van der Waals surface area contributed by atoms with Crippen LogP contribution in [0.2, 0.25) is 0 Å². The summed E-state index contributed by atoms with van der Waals surface area (Å²) in [5.41, 5.74) is 3.63. The van der Waals surface area contributed by atoms with Gasteiger partial charge in [0.15, 0.2) is 0 Å². The van der Waals surface area contributed by atoms with E-state index in [1.807, 2.05) is 38.1 Å². The molecule has 0 saturated carbocycles. The van der Waals surface area contributed by atoms with Crippen molar-refractivity contribution in [2.24, 2.45) is 5.84 Å². The van der Waals surface area contributed by atoms with Gasteiger partial charge in [0, 0.05) is 12.7 Å². The van der Waals surface area contributed by atoms with Crippen LogP contribution in [-0.2, 0) is 4.74 Å². The normalized spacial score (nSPS) is 13.5. The molecule has 1 aromatic carbocycles. The Morgan fingerprint density at radius 2 is 1.94 bits per heavy atom. The number of benzene rings is 1. The minimum absolute atomic E-state index is 0.00102. The highest BCUT2D eigenvalue weighted by Gasteiger charge is 2.24. The average Bonchev–Trinajstić information content (AvgIpc) is 2.36. The predicted molar refractivity (Wildman–Crippen MR) is 68.8 cm³/mol. The Balaban J connectivity index is 2.93. The van der Waals surface area contributed by atoms with E-state index in [0.29, 0.717) is 0 Å². The van der Waals surface area contributed by atoms with E-state index in [1.165, 1.54) is 0 Å². The van der Waals surface area contributed by atoms with E-state index >= 15 is 0 Å². The molecule has 1 atom stereocenters. The molecule has 0 aliphatic rings. The maximum Gasteiger partial charge on any atom is 0.123 e. The van der Waals surface area contributed by atoms with Crippen LogP contribution in [0.5, 0.6) is 5.75 Å². The van der Waals surface area contributed by atoms with Gasteiger partial charge in [0.1, 0.15) is 5.75 Å². The fourth-order valence-electron chi connectivity index (χ4n) is 1.79. The van der Waals surface area contributed by atoms with Crippen molar-refractivity contribution in [3.63, 3.8) is 0 Å². The Labute approximate surface area is 103 Å². The van der Waals surface area contributed by atoms with Crippen molar-refractivity contribution in [3.05, 3.63) is 29.8 Å². The van der Waals surface area contributed by atoms with E-state index in [9.17, 15) is 0 Å². The van der Waals surface area contributed by atoms with Gasteiger partial charge in [0.05, 0.1) is 18.8 Å². The average molecular weight is 238 g/mol. The first-order chi connectivity index (χ1) is 8.04. The molecular formula is C13H22N2O2. The van der Waals surface area contributed by atoms with Crippen molar-refractivity contribution in [2.45, 2.75) is 31.9 Å². The number of hydrogen-bond donors (Lipinski definition) is 2. The van der Waals surface area contributed by atoms with Gasteiger partial charge in [0.2, 0.25) is 0 Å². The quantitative estimate of drug-likeness (QED) is 0.588. The maximum absolute atomic E-state index is 5.63. The molecule has 0 fully saturated rings. The Morgan fingerprint density at radius 1 is 1.29 bits per heavy atom. The highest BCUT2D eigenvalue weighted by Crippen LogP contribution is 2.31. The third kappa shape index (κ3) is 3.70. The van der Waals surface area contributed by atoms with Crippen LogP contribution in [0.3, 0.4) is 0 Å². The van der Waals surface area contributed by atoms with Crippen LogP contribution in [0.25, 0.3) is 0 Å². The summed E-state index contributed by atoms with van der Waals surface area (Å²) in [6.07, 6.45) is 0.764. The van der Waals surface area contributed by atoms with Crippen molar-refractivity contribution in [1.82, 2.24) is 5.43 Å². The van der Waals surface area contributed by atoms with Crippen molar-refractivity contribution < 1.29 is 9.47 Å². The van der Waals surface area contributed by atoms with Crippen molar-refractivity contribution in [3.8, 4) is 5.75 Å². The first-order valence-corrected chi connectivity index (χ1v) is 5.68. The Morgan fingerprint density at radius 3 is 2.47 bits per heavy atom. The second-order valence-corrected chi connectivity index (χ2v) is 4.63. The number of hydrazine groups is 1. The van der Waals surface area contributed by atoms with E-state index < -0.39 is 0 Å². The van der Waals surface area contributed by atoms with Gasteiger partial charge in [-0.2, -0.15) is 0 Å². The summed E-state index contributed by atoms with van der Waals surface area (Å²) in [5.74, 6) is 6.46. The van der Waals surface area contributed by atoms with E-state index in [0.717, 1.165) is 17.7 Å². The second-order valence-electron chi connectivity index (χ2n) is 4.63. The molecule has 4 nitrogen and oxygen atoms in total. The molecule has 0 saturated heterocycles. The standard InChI is InChI=1S/C13H22N2O2/c1-13(2,17-4)9-11(15-14)10-7-5-6-8-12(10)16-3/h5-8,11,15H,9,14H2,1-4H3. The summed E-state index contributed by atoms with van der Waals surface area (Å²) in [4.78, 5) is 0. The van der Waals surface area contributed by atoms with Crippen LogP contribution in [0.4, 0.5) is 0 Å². The van der Waals surface area contributed by atoms with Gasteiger partial charge in [-0.25, -0.2) is 0 Å². The lowest BCUT2D eigenvalue weighted by molar-refractivity contribution is 0.00665. The van der Waals surface area contributed by atoms with E-state index in [-0.39, 0.29) is 11.6 Å². The lowest BCUT2D eigenvalue weighted by atomic mass is 9.93. The monoisotopic (exact) mass is 238 g/mol. The molecule has 0 amide bonds. The summed E-state index contributed by atoms with van der Waals surface area (Å²) in [7, 11) is 3.36. The summed E-state index contributed by atoms with van der Waals surface area (Å²) < 4.78 is 10.8. The number of rotatable bonds is 6. The topological polar surface area (TPSA) is 56.5 Å². The van der Waals surface area contributed by atoms with Crippen LogP contribution in [0.15, 0.2) is 24.3 Å². The Kier molecular flexibility index (Phi) is 4.93. The van der Waals surface area contributed by atoms with Crippen molar-refractivity contribution in [1.29, 1.82) is 0 Å².